The van der Waals surface area contributed by atoms with Crippen molar-refractivity contribution in [1.29, 1.82) is 0 Å². The van der Waals surface area contributed by atoms with Crippen LogP contribution in [0.25, 0.3) is 0 Å². The van der Waals surface area contributed by atoms with Gasteiger partial charge in [-0.3, -0.25) is 29.1 Å². The number of hydrogen-bond donors (Lipinski definition) is 3. The maximum atomic E-state index is 14.3. The lowest BCUT2D eigenvalue weighted by Crippen LogP contribution is -2.40. The van der Waals surface area contributed by atoms with Crippen molar-refractivity contribution >= 4 is 79.9 Å². The number of anilines is 4. The zero-order valence-electron chi connectivity index (χ0n) is 48.1. The third-order valence-corrected chi connectivity index (χ3v) is 18.5. The Morgan fingerprint density at radius 1 is 0.786 bits per heavy atom. The number of ether oxygens (including phenoxy) is 7. The number of amides is 4. The van der Waals surface area contributed by atoms with Gasteiger partial charge in [-0.2, -0.15) is 0 Å². The Labute approximate surface area is 498 Å². The molecule has 0 aromatic heterocycles. The van der Waals surface area contributed by atoms with Crippen LogP contribution in [0.3, 0.4) is 0 Å². The average Bonchev–Trinajstić information content (AvgIpc) is 2.08. The molecule has 21 heteroatoms. The molecule has 4 amide bonds. The van der Waals surface area contributed by atoms with Crippen LogP contribution in [0.1, 0.15) is 69.7 Å². The minimum absolute atomic E-state index is 0.0400. The van der Waals surface area contributed by atoms with Crippen LogP contribution in [-0.4, -0.2) is 156 Å². The number of carbonyl (C=O) groups is 4. The van der Waals surface area contributed by atoms with Crippen LogP contribution in [0.5, 0.6) is 23.0 Å². The number of nitrogens with one attached hydrogen (secondary N) is 2. The van der Waals surface area contributed by atoms with Crippen molar-refractivity contribution in [3.05, 3.63) is 137 Å². The molecule has 444 valence electrons. The van der Waals surface area contributed by atoms with Crippen LogP contribution >= 0.6 is 21.6 Å². The molecule has 10 rings (SSSR count). The van der Waals surface area contributed by atoms with Crippen molar-refractivity contribution in [3.8, 4) is 23.0 Å². The molecule has 5 aromatic carbocycles. The molecule has 3 atom stereocenters. The van der Waals surface area contributed by atoms with E-state index in [0.29, 0.717) is 117 Å². The quantitative estimate of drug-likeness (QED) is 0.0304. The van der Waals surface area contributed by atoms with Gasteiger partial charge >= 0.3 is 0 Å². The number of nitrogens with zero attached hydrogens (tertiary/aromatic N) is 5. The second-order valence-electron chi connectivity index (χ2n) is 21.6. The summed E-state index contributed by atoms with van der Waals surface area (Å²) in [5, 5.41) is 16.4. The fraction of sp³-hybridized carbons (Fsp3) is 0.413. The normalized spacial score (nSPS) is 17.4. The molecule has 0 aliphatic carbocycles. The van der Waals surface area contributed by atoms with Crippen LogP contribution in [0.2, 0.25) is 0 Å². The first-order valence-corrected chi connectivity index (χ1v) is 30.7. The zero-order valence-corrected chi connectivity index (χ0v) is 49.8. The number of aliphatic imine (C=N–C) groups is 1. The molecule has 5 aromatic rings. The molecule has 84 heavy (non-hydrogen) atoms. The van der Waals surface area contributed by atoms with Crippen molar-refractivity contribution in [1.82, 2.24) is 10.2 Å². The van der Waals surface area contributed by atoms with E-state index in [1.54, 1.807) is 61.1 Å². The maximum absolute atomic E-state index is 14.3. The van der Waals surface area contributed by atoms with Gasteiger partial charge in [0, 0.05) is 105 Å². The minimum Gasteiger partial charge on any atom is -0.493 e. The molecule has 3 N–H and O–H groups in total. The highest BCUT2D eigenvalue weighted by Gasteiger charge is 2.39. The summed E-state index contributed by atoms with van der Waals surface area (Å²) >= 11 is 0. The molecule has 19 nitrogen and oxygen atoms in total. The van der Waals surface area contributed by atoms with Gasteiger partial charge in [-0.1, -0.05) is 58.0 Å². The molecule has 0 fully saturated rings. The number of aliphatic hydroxyl groups excluding tert-OH is 1. The second-order valence-corrected chi connectivity index (χ2v) is 24.7. The van der Waals surface area contributed by atoms with E-state index in [-0.39, 0.29) is 66.8 Å². The Morgan fingerprint density at radius 3 is 2.14 bits per heavy atom. The number of rotatable bonds is 29. The summed E-state index contributed by atoms with van der Waals surface area (Å²) in [6.07, 6.45) is 6.04. The Hall–Kier alpha value is -7.27. The van der Waals surface area contributed by atoms with Crippen molar-refractivity contribution in [3.63, 3.8) is 0 Å². The molecule has 5 aliphatic rings. The Morgan fingerprint density at radius 2 is 1.44 bits per heavy atom. The lowest BCUT2D eigenvalue weighted by atomic mass is 10.1. The number of para-hydroxylation sites is 2. The van der Waals surface area contributed by atoms with E-state index in [9.17, 15) is 24.3 Å². The summed E-state index contributed by atoms with van der Waals surface area (Å²) in [4.78, 5) is 65.4. The van der Waals surface area contributed by atoms with Gasteiger partial charge in [-0.15, -0.1) is 0 Å². The summed E-state index contributed by atoms with van der Waals surface area (Å²) < 4.78 is 41.9. The van der Waals surface area contributed by atoms with E-state index in [2.05, 4.69) is 47.6 Å². The highest BCUT2D eigenvalue weighted by molar-refractivity contribution is 8.77. The smallest absolute Gasteiger partial charge is 0.261 e. The van der Waals surface area contributed by atoms with Crippen molar-refractivity contribution in [2.45, 2.75) is 75.8 Å². The Kier molecular flexibility index (Phi) is 19.7. The lowest BCUT2D eigenvalue weighted by Gasteiger charge is -2.34. The van der Waals surface area contributed by atoms with Crippen LogP contribution in [-0.2, 0) is 49.9 Å². The molecule has 0 radical (unpaired) electrons. The predicted molar refractivity (Wildman–Crippen MR) is 328 cm³/mol. The first-order valence-electron chi connectivity index (χ1n) is 28.4. The van der Waals surface area contributed by atoms with Gasteiger partial charge in [0.2, 0.25) is 11.8 Å². The first-order chi connectivity index (χ1) is 40.8. The molecular formula is C63H73N7O12S2. The zero-order chi connectivity index (χ0) is 58.7. The van der Waals surface area contributed by atoms with E-state index in [1.807, 2.05) is 70.6 Å². The fourth-order valence-electron chi connectivity index (χ4n) is 11.1. The monoisotopic (exact) mass is 1180 g/mol. The van der Waals surface area contributed by atoms with Crippen LogP contribution in [0, 0.1) is 0 Å². The highest BCUT2D eigenvalue weighted by atomic mass is 33.1. The van der Waals surface area contributed by atoms with Gasteiger partial charge in [0.05, 0.1) is 81.8 Å². The van der Waals surface area contributed by atoms with Gasteiger partial charge in [0.1, 0.15) is 19.4 Å². The molecule has 0 saturated carbocycles. The molecule has 1 unspecified atom stereocenters. The minimum atomic E-state index is -0.967. The molecule has 0 saturated heterocycles. The molecular weight excluding hydrogens is 1110 g/mol. The van der Waals surface area contributed by atoms with E-state index >= 15 is 0 Å². The molecule has 5 heterocycles. The van der Waals surface area contributed by atoms with E-state index in [4.69, 9.17) is 38.2 Å². The van der Waals surface area contributed by atoms with Crippen LogP contribution in [0.15, 0.2) is 108 Å². The molecule has 5 aliphatic heterocycles. The first kappa shape index (κ1) is 59.9. The number of aliphatic hydroxyl groups is 1. The number of benzene rings is 5. The largest absolute Gasteiger partial charge is 0.493 e. The van der Waals surface area contributed by atoms with Crippen molar-refractivity contribution in [2.24, 2.45) is 4.99 Å². The summed E-state index contributed by atoms with van der Waals surface area (Å²) in [6.45, 7) is 9.02. The van der Waals surface area contributed by atoms with Crippen LogP contribution in [0.4, 0.5) is 28.4 Å². The van der Waals surface area contributed by atoms with Gasteiger partial charge in [0.25, 0.3) is 11.8 Å². The summed E-state index contributed by atoms with van der Waals surface area (Å²) in [7, 11) is 8.22. The Balaban J connectivity index is 0.889. The summed E-state index contributed by atoms with van der Waals surface area (Å²) in [5.41, 5.74) is 8.69. The van der Waals surface area contributed by atoms with Gasteiger partial charge in [0.15, 0.2) is 23.0 Å². The fourth-order valence-corrected chi connectivity index (χ4v) is 13.7. The Bertz CT molecular complexity index is 3270. The third-order valence-electron chi connectivity index (χ3n) is 15.2. The van der Waals surface area contributed by atoms with Crippen molar-refractivity contribution < 1.29 is 57.4 Å². The molecule has 0 spiro atoms. The second kappa shape index (κ2) is 27.6. The summed E-state index contributed by atoms with van der Waals surface area (Å²) in [5.74, 6) is 1.80. The number of fused-ring (bicyclic) bond motifs is 8. The SMILES string of the molecule is COCCOCCOCCN(CC(C)(C)SSCCCC(=O)NCCN1C(=O)C=CC1O)c1cc(COc2cc3c(cc2OC)C(=O)N2c4ccccc4C[C@H]2C=N3)cc(COc2cc3c(cc2OC)C(=O)N2c4ccccc4C[C@H]2CN3)c1. The van der Waals surface area contributed by atoms with Gasteiger partial charge in [-0.25, -0.2) is 0 Å². The van der Waals surface area contributed by atoms with E-state index < -0.39 is 6.23 Å². The number of methoxy groups -OCH3 is 3. The topological polar surface area (TPSA) is 203 Å². The van der Waals surface area contributed by atoms with Crippen LogP contribution < -0.4 is 44.3 Å². The summed E-state index contributed by atoms with van der Waals surface area (Å²) in [6, 6.07) is 29.1. The van der Waals surface area contributed by atoms with E-state index in [1.165, 1.54) is 17.1 Å². The lowest BCUT2D eigenvalue weighted by molar-refractivity contribution is -0.131. The average molecular weight is 1180 g/mol. The van der Waals surface area contributed by atoms with Gasteiger partial charge in [-0.05, 0) is 97.5 Å². The molecule has 0 bridgehead atoms. The van der Waals surface area contributed by atoms with Gasteiger partial charge < -0.3 is 63.6 Å². The third kappa shape index (κ3) is 14.1. The van der Waals surface area contributed by atoms with Crippen molar-refractivity contribution in [2.75, 3.05) is 113 Å². The standard InChI is InChI=1S/C63H73N7O12S2/c1-63(2,84-83-26-10-15-58(71)64-18-19-68-59(72)16-17-60(68)73)40-67(20-21-79-24-25-80-23-22-76-3)45-28-41(38-81-56-34-50-48(32-54(56)77-4)61(74)69-46(36-65-50)30-43-11-6-8-13-52(43)69)27-42(29-45)39-82-57-35-51-49(33-55(57)78-5)62(75)70-47(37-66-51)31-44-12-7-9-14-53(44)70/h6-9,11-14,16-17,27-29,32-36,46-47,59,66,72H,10,15,18-26,30-31,37-40H2,1-5H3,(H,64,71)/t46-,47-,59?/m0/s1. The number of hydrogen-bond acceptors (Lipinski definition) is 17. The number of carbonyl (C=O) groups excluding carboxylic acids is 4. The maximum Gasteiger partial charge on any atom is 0.261 e. The predicted octanol–water partition coefficient (Wildman–Crippen LogP) is 8.41. The highest BCUT2D eigenvalue weighted by Crippen LogP contribution is 2.44. The van der Waals surface area contributed by atoms with E-state index in [0.717, 1.165) is 51.5 Å².